The van der Waals surface area contributed by atoms with Crippen LogP contribution in [0.15, 0.2) is 48.5 Å². The molecule has 0 heterocycles. The molecule has 1 fully saturated rings. The summed E-state index contributed by atoms with van der Waals surface area (Å²) in [6.07, 6.45) is 7.31. The molecule has 1 N–H and O–H groups in total. The molecular weight excluding hydrogens is 434 g/mol. The van der Waals surface area contributed by atoms with E-state index in [4.69, 9.17) is 11.6 Å². The van der Waals surface area contributed by atoms with E-state index in [0.29, 0.717) is 22.4 Å². The smallest absolute Gasteiger partial charge is 0.245 e. The zero-order valence-electron chi connectivity index (χ0n) is 18.1. The molecule has 0 spiro atoms. The highest BCUT2D eigenvalue weighted by atomic mass is 35.5. The van der Waals surface area contributed by atoms with E-state index in [1.54, 1.807) is 18.2 Å². The molecule has 2 aromatic rings. The van der Waals surface area contributed by atoms with Crippen LogP contribution >= 0.6 is 11.6 Å². The van der Waals surface area contributed by atoms with Gasteiger partial charge in [0.1, 0.15) is 6.54 Å². The molecule has 168 valence electrons. The molecule has 0 aromatic heterocycles. The summed E-state index contributed by atoms with van der Waals surface area (Å²) < 4.78 is 25.7. The molecule has 0 atom stereocenters. The van der Waals surface area contributed by atoms with Gasteiger partial charge < -0.3 is 5.32 Å². The molecule has 31 heavy (non-hydrogen) atoms. The molecule has 3 rings (SSSR count). The van der Waals surface area contributed by atoms with E-state index in [2.05, 4.69) is 17.3 Å². The van der Waals surface area contributed by atoms with E-state index < -0.39 is 15.9 Å². The molecule has 0 bridgehead atoms. The summed E-state index contributed by atoms with van der Waals surface area (Å²) in [5.74, 6) is -0.404. The Labute approximate surface area is 190 Å². The zero-order chi connectivity index (χ0) is 22.4. The molecule has 0 saturated heterocycles. The van der Waals surface area contributed by atoms with Crippen LogP contribution in [0.1, 0.15) is 37.7 Å². The fourth-order valence-electron chi connectivity index (χ4n) is 4.05. The number of sulfonamides is 1. The Balaban J connectivity index is 1.72. The van der Waals surface area contributed by atoms with Crippen LogP contribution in [-0.2, 0) is 21.4 Å². The van der Waals surface area contributed by atoms with Crippen LogP contribution in [0.25, 0.3) is 0 Å². The first kappa shape index (κ1) is 23.6. The third-order valence-corrected chi connectivity index (χ3v) is 7.07. The first-order valence-electron chi connectivity index (χ1n) is 10.6. The fourth-order valence-corrected chi connectivity index (χ4v) is 5.08. The highest BCUT2D eigenvalue weighted by molar-refractivity contribution is 7.92. The Morgan fingerprint density at radius 1 is 1.10 bits per heavy atom. The van der Waals surface area contributed by atoms with E-state index in [1.807, 2.05) is 24.3 Å². The fraction of sp³-hybridized carbons (Fsp3) is 0.435. The van der Waals surface area contributed by atoms with Crippen molar-refractivity contribution < 1.29 is 13.2 Å². The van der Waals surface area contributed by atoms with Gasteiger partial charge in [0.15, 0.2) is 0 Å². The number of nitrogens with one attached hydrogen (secondary N) is 1. The number of anilines is 2. The number of nitrogens with zero attached hydrogens (tertiary/aromatic N) is 2. The van der Waals surface area contributed by atoms with Gasteiger partial charge in [-0.1, -0.05) is 55.1 Å². The monoisotopic (exact) mass is 463 g/mol. The molecule has 1 aliphatic rings. The average molecular weight is 464 g/mol. The molecule has 6 nitrogen and oxygen atoms in total. The van der Waals surface area contributed by atoms with Gasteiger partial charge in [-0.15, -0.1) is 0 Å². The Kier molecular flexibility index (Phi) is 7.97. The Hall–Kier alpha value is -2.09. The molecule has 8 heteroatoms. The van der Waals surface area contributed by atoms with Crippen LogP contribution in [0.3, 0.4) is 0 Å². The lowest BCUT2D eigenvalue weighted by molar-refractivity contribution is -0.114. The third-order valence-electron chi connectivity index (χ3n) is 5.69. The summed E-state index contributed by atoms with van der Waals surface area (Å²) in [7, 11) is -1.54. The maximum absolute atomic E-state index is 12.8. The maximum atomic E-state index is 12.8. The zero-order valence-corrected chi connectivity index (χ0v) is 19.6. The second-order valence-electron chi connectivity index (χ2n) is 8.16. The predicted molar refractivity (Wildman–Crippen MR) is 127 cm³/mol. The van der Waals surface area contributed by atoms with Crippen LogP contribution in [-0.4, -0.2) is 45.1 Å². The van der Waals surface area contributed by atoms with Crippen molar-refractivity contribution in [3.8, 4) is 0 Å². The van der Waals surface area contributed by atoms with Gasteiger partial charge in [-0.3, -0.25) is 14.0 Å². The van der Waals surface area contributed by atoms with Crippen LogP contribution in [0, 0.1) is 0 Å². The topological polar surface area (TPSA) is 69.7 Å². The predicted octanol–water partition coefficient (Wildman–Crippen LogP) is 4.51. The lowest BCUT2D eigenvalue weighted by atomic mass is 9.94. The number of carbonyl (C=O) groups is 1. The van der Waals surface area contributed by atoms with Crippen molar-refractivity contribution in [3.63, 3.8) is 0 Å². The van der Waals surface area contributed by atoms with Gasteiger partial charge in [0.25, 0.3) is 0 Å². The summed E-state index contributed by atoms with van der Waals surface area (Å²) in [6, 6.07) is 14.7. The van der Waals surface area contributed by atoms with Crippen LogP contribution in [0.4, 0.5) is 11.4 Å². The maximum Gasteiger partial charge on any atom is 0.245 e. The van der Waals surface area contributed by atoms with Crippen LogP contribution < -0.4 is 9.62 Å². The molecule has 1 amide bonds. The van der Waals surface area contributed by atoms with Crippen molar-refractivity contribution in [2.24, 2.45) is 0 Å². The minimum Gasteiger partial charge on any atom is -0.324 e. The van der Waals surface area contributed by atoms with Crippen molar-refractivity contribution in [2.45, 2.75) is 44.7 Å². The Bertz CT molecular complexity index is 1010. The normalized spacial score (nSPS) is 15.1. The van der Waals surface area contributed by atoms with Gasteiger partial charge in [-0.2, -0.15) is 0 Å². The molecular formula is C23H30ClN3O3S. The number of benzene rings is 2. The van der Waals surface area contributed by atoms with Gasteiger partial charge in [0.2, 0.25) is 15.9 Å². The van der Waals surface area contributed by atoms with Gasteiger partial charge in [0, 0.05) is 23.3 Å². The second kappa shape index (κ2) is 10.5. The van der Waals surface area contributed by atoms with E-state index in [9.17, 15) is 13.2 Å². The van der Waals surface area contributed by atoms with E-state index in [1.165, 1.54) is 38.2 Å². The Morgan fingerprint density at radius 2 is 1.81 bits per heavy atom. The summed E-state index contributed by atoms with van der Waals surface area (Å²) >= 11 is 6.01. The van der Waals surface area contributed by atoms with Crippen molar-refractivity contribution in [2.75, 3.05) is 29.5 Å². The van der Waals surface area contributed by atoms with Crippen molar-refractivity contribution >= 4 is 38.9 Å². The van der Waals surface area contributed by atoms with Crippen molar-refractivity contribution in [1.29, 1.82) is 0 Å². The summed E-state index contributed by atoms with van der Waals surface area (Å²) in [4.78, 5) is 15.1. The molecule has 1 saturated carbocycles. The molecule has 0 radical (unpaired) electrons. The van der Waals surface area contributed by atoms with E-state index in [-0.39, 0.29) is 6.54 Å². The first-order chi connectivity index (χ1) is 14.7. The molecule has 0 unspecified atom stereocenters. The van der Waals surface area contributed by atoms with E-state index >= 15 is 0 Å². The Morgan fingerprint density at radius 3 is 2.48 bits per heavy atom. The number of rotatable bonds is 8. The van der Waals surface area contributed by atoms with Gasteiger partial charge in [-0.25, -0.2) is 8.42 Å². The SMILES string of the molecule is CN(Cc1ccccc1NC(=O)CN(c1cccc(Cl)c1)S(C)(=O)=O)C1CCCCC1. The van der Waals surface area contributed by atoms with Crippen LogP contribution in [0.5, 0.6) is 0 Å². The lowest BCUT2D eigenvalue weighted by Gasteiger charge is -2.31. The largest absolute Gasteiger partial charge is 0.324 e. The summed E-state index contributed by atoms with van der Waals surface area (Å²) in [6.45, 7) is 0.400. The second-order valence-corrected chi connectivity index (χ2v) is 10.5. The number of para-hydroxylation sites is 1. The standard InChI is InChI=1S/C23H30ClN3O3S/c1-26(20-11-4-3-5-12-20)16-18-9-6-7-14-22(18)25-23(28)17-27(31(2,29)30)21-13-8-10-19(24)15-21/h6-10,13-15,20H,3-5,11-12,16-17H2,1-2H3,(H,25,28). The third kappa shape index (κ3) is 6.69. The van der Waals surface area contributed by atoms with Crippen molar-refractivity contribution in [1.82, 2.24) is 4.90 Å². The quantitative estimate of drug-likeness (QED) is 0.625. The minimum absolute atomic E-state index is 0.327. The molecule has 2 aromatic carbocycles. The van der Waals surface area contributed by atoms with Crippen molar-refractivity contribution in [3.05, 3.63) is 59.1 Å². The number of hydrogen-bond acceptors (Lipinski definition) is 4. The molecule has 0 aliphatic heterocycles. The average Bonchev–Trinajstić information content (AvgIpc) is 2.73. The lowest BCUT2D eigenvalue weighted by Crippen LogP contribution is -2.37. The van der Waals surface area contributed by atoms with Crippen LogP contribution in [0.2, 0.25) is 5.02 Å². The number of hydrogen-bond donors (Lipinski definition) is 1. The first-order valence-corrected chi connectivity index (χ1v) is 12.8. The summed E-state index contributed by atoms with van der Waals surface area (Å²) in [5, 5.41) is 3.31. The number of carbonyl (C=O) groups excluding carboxylic acids is 1. The van der Waals surface area contributed by atoms with Gasteiger partial charge >= 0.3 is 0 Å². The number of halogens is 1. The summed E-state index contributed by atoms with van der Waals surface area (Å²) in [5.41, 5.74) is 2.07. The number of amides is 1. The highest BCUT2D eigenvalue weighted by Crippen LogP contribution is 2.25. The van der Waals surface area contributed by atoms with Gasteiger partial charge in [0.05, 0.1) is 11.9 Å². The minimum atomic E-state index is -3.66. The highest BCUT2D eigenvalue weighted by Gasteiger charge is 2.22. The van der Waals surface area contributed by atoms with E-state index in [0.717, 1.165) is 22.7 Å². The van der Waals surface area contributed by atoms with Gasteiger partial charge in [-0.05, 0) is 49.7 Å². The molecule has 1 aliphatic carbocycles.